The summed E-state index contributed by atoms with van der Waals surface area (Å²) in [6.45, 7) is 2.10. The molecule has 0 aromatic heterocycles. The van der Waals surface area contributed by atoms with Crippen LogP contribution in [-0.4, -0.2) is 12.1 Å². The maximum absolute atomic E-state index is 10.9. The number of esters is 1. The van der Waals surface area contributed by atoms with E-state index in [1.54, 1.807) is 0 Å². The van der Waals surface area contributed by atoms with Gasteiger partial charge in [-0.1, -0.05) is 19.1 Å². The molecule has 1 fully saturated rings. The molecule has 0 bridgehead atoms. The Labute approximate surface area is 73.6 Å². The molecule has 1 rings (SSSR count). The summed E-state index contributed by atoms with van der Waals surface area (Å²) in [5.74, 6) is -0.0313. The highest BCUT2D eigenvalue weighted by Crippen LogP contribution is 2.16. The first-order valence-electron chi connectivity index (χ1n) is 4.67. The molecule has 1 aliphatic heterocycles. The van der Waals surface area contributed by atoms with Crippen molar-refractivity contribution in [3.8, 4) is 0 Å². The highest BCUT2D eigenvalue weighted by molar-refractivity contribution is 5.70. The number of carbonyl (C=O) groups is 1. The van der Waals surface area contributed by atoms with Gasteiger partial charge < -0.3 is 4.74 Å². The largest absolute Gasteiger partial charge is 0.462 e. The third-order valence-corrected chi connectivity index (χ3v) is 2.01. The second-order valence-electron chi connectivity index (χ2n) is 3.12. The second-order valence-corrected chi connectivity index (χ2v) is 3.12. The van der Waals surface area contributed by atoms with Crippen molar-refractivity contribution in [3.63, 3.8) is 0 Å². The Balaban J connectivity index is 2.22. The van der Waals surface area contributed by atoms with Crippen molar-refractivity contribution in [3.05, 3.63) is 12.2 Å². The maximum atomic E-state index is 10.9. The van der Waals surface area contributed by atoms with Gasteiger partial charge in [-0.3, -0.25) is 4.79 Å². The van der Waals surface area contributed by atoms with Crippen LogP contribution in [0.5, 0.6) is 0 Å². The topological polar surface area (TPSA) is 26.3 Å². The molecule has 0 aromatic rings. The summed E-state index contributed by atoms with van der Waals surface area (Å²) in [6, 6.07) is 0. The molecule has 0 aliphatic carbocycles. The second kappa shape index (κ2) is 4.96. The van der Waals surface area contributed by atoms with Crippen LogP contribution >= 0.6 is 0 Å². The van der Waals surface area contributed by atoms with Crippen LogP contribution < -0.4 is 0 Å². The van der Waals surface area contributed by atoms with Gasteiger partial charge in [-0.2, -0.15) is 0 Å². The van der Waals surface area contributed by atoms with Crippen molar-refractivity contribution in [2.45, 2.75) is 45.1 Å². The Kier molecular flexibility index (Phi) is 3.85. The fourth-order valence-corrected chi connectivity index (χ4v) is 1.36. The van der Waals surface area contributed by atoms with Crippen molar-refractivity contribution in [1.29, 1.82) is 0 Å². The lowest BCUT2D eigenvalue weighted by Gasteiger charge is -2.20. The number of cyclic esters (lactones) is 1. The quantitative estimate of drug-likeness (QED) is 0.478. The third kappa shape index (κ3) is 3.07. The standard InChI is InChI=1S/C10H16O2/c1-2-3-4-6-9-7-5-8-10(11)12-9/h3-4,9H,2,5-8H2,1H3. The Hall–Kier alpha value is -0.790. The minimum absolute atomic E-state index is 0.0313. The van der Waals surface area contributed by atoms with E-state index >= 15 is 0 Å². The SMILES string of the molecule is CCC=CCC1CCCC(=O)O1. The van der Waals surface area contributed by atoms with Gasteiger partial charge in [0, 0.05) is 12.8 Å². The minimum Gasteiger partial charge on any atom is -0.462 e. The van der Waals surface area contributed by atoms with Crippen LogP contribution in [0.2, 0.25) is 0 Å². The molecule has 1 atom stereocenters. The number of hydrogen-bond acceptors (Lipinski definition) is 2. The van der Waals surface area contributed by atoms with Crippen molar-refractivity contribution in [2.75, 3.05) is 0 Å². The molecule has 1 aliphatic rings. The maximum Gasteiger partial charge on any atom is 0.306 e. The zero-order chi connectivity index (χ0) is 8.81. The summed E-state index contributed by atoms with van der Waals surface area (Å²) in [4.78, 5) is 10.9. The molecule has 2 nitrogen and oxygen atoms in total. The number of rotatable bonds is 3. The van der Waals surface area contributed by atoms with Crippen LogP contribution in [0.3, 0.4) is 0 Å². The molecule has 68 valence electrons. The number of carbonyl (C=O) groups excluding carboxylic acids is 1. The number of allylic oxidation sites excluding steroid dienone is 1. The molecule has 1 saturated heterocycles. The average molecular weight is 168 g/mol. The molecule has 2 heteroatoms. The van der Waals surface area contributed by atoms with Crippen LogP contribution in [0.25, 0.3) is 0 Å². The monoisotopic (exact) mass is 168 g/mol. The van der Waals surface area contributed by atoms with E-state index in [2.05, 4.69) is 19.1 Å². The third-order valence-electron chi connectivity index (χ3n) is 2.01. The smallest absolute Gasteiger partial charge is 0.306 e. The van der Waals surface area contributed by atoms with Crippen molar-refractivity contribution in [1.82, 2.24) is 0 Å². The number of ether oxygens (including phenoxy) is 1. The molecular formula is C10H16O2. The fourth-order valence-electron chi connectivity index (χ4n) is 1.36. The molecule has 0 spiro atoms. The van der Waals surface area contributed by atoms with Gasteiger partial charge in [-0.25, -0.2) is 0 Å². The van der Waals surface area contributed by atoms with Gasteiger partial charge >= 0.3 is 5.97 Å². The fraction of sp³-hybridized carbons (Fsp3) is 0.700. The van der Waals surface area contributed by atoms with Crippen LogP contribution in [0.4, 0.5) is 0 Å². The Morgan fingerprint density at radius 2 is 2.42 bits per heavy atom. The Bertz CT molecular complexity index is 173. The normalized spacial score (nSPS) is 24.4. The molecule has 12 heavy (non-hydrogen) atoms. The lowest BCUT2D eigenvalue weighted by molar-refractivity contribution is -0.153. The summed E-state index contributed by atoms with van der Waals surface area (Å²) in [7, 11) is 0. The first-order valence-corrected chi connectivity index (χ1v) is 4.67. The van der Waals surface area contributed by atoms with Gasteiger partial charge in [0.2, 0.25) is 0 Å². The zero-order valence-corrected chi connectivity index (χ0v) is 7.58. The molecular weight excluding hydrogens is 152 g/mol. The molecule has 0 N–H and O–H groups in total. The Morgan fingerprint density at radius 1 is 1.58 bits per heavy atom. The van der Waals surface area contributed by atoms with Crippen LogP contribution in [0, 0.1) is 0 Å². The molecule has 1 unspecified atom stereocenters. The molecule has 0 radical (unpaired) electrons. The lowest BCUT2D eigenvalue weighted by atomic mass is 10.1. The van der Waals surface area contributed by atoms with E-state index in [0.717, 1.165) is 25.7 Å². The highest BCUT2D eigenvalue weighted by Gasteiger charge is 2.18. The molecule has 0 amide bonds. The van der Waals surface area contributed by atoms with Crippen molar-refractivity contribution in [2.24, 2.45) is 0 Å². The molecule has 0 aromatic carbocycles. The summed E-state index contributed by atoms with van der Waals surface area (Å²) < 4.78 is 5.14. The summed E-state index contributed by atoms with van der Waals surface area (Å²) >= 11 is 0. The van der Waals surface area contributed by atoms with Crippen molar-refractivity contribution < 1.29 is 9.53 Å². The van der Waals surface area contributed by atoms with Gasteiger partial charge in [0.25, 0.3) is 0 Å². The average Bonchev–Trinajstić information content (AvgIpc) is 2.05. The molecule has 0 saturated carbocycles. The highest BCUT2D eigenvalue weighted by atomic mass is 16.5. The predicted octanol–water partition coefficient (Wildman–Crippen LogP) is 2.44. The molecule has 1 heterocycles. The van der Waals surface area contributed by atoms with Crippen LogP contribution in [-0.2, 0) is 9.53 Å². The van der Waals surface area contributed by atoms with E-state index in [4.69, 9.17) is 4.74 Å². The van der Waals surface area contributed by atoms with Crippen LogP contribution in [0.15, 0.2) is 12.2 Å². The van der Waals surface area contributed by atoms with E-state index in [-0.39, 0.29) is 12.1 Å². The van der Waals surface area contributed by atoms with E-state index in [1.807, 2.05) is 0 Å². The van der Waals surface area contributed by atoms with E-state index in [1.165, 1.54) is 0 Å². The summed E-state index contributed by atoms with van der Waals surface area (Å²) in [6.07, 6.45) is 8.93. The first kappa shape index (κ1) is 9.30. The van der Waals surface area contributed by atoms with E-state index in [9.17, 15) is 4.79 Å². The van der Waals surface area contributed by atoms with E-state index in [0.29, 0.717) is 6.42 Å². The van der Waals surface area contributed by atoms with Gasteiger partial charge in [0.15, 0.2) is 0 Å². The zero-order valence-electron chi connectivity index (χ0n) is 7.58. The minimum atomic E-state index is -0.0313. The lowest BCUT2D eigenvalue weighted by Crippen LogP contribution is -2.22. The summed E-state index contributed by atoms with van der Waals surface area (Å²) in [5, 5.41) is 0. The van der Waals surface area contributed by atoms with Crippen molar-refractivity contribution >= 4 is 5.97 Å². The van der Waals surface area contributed by atoms with Gasteiger partial charge in [0.1, 0.15) is 6.10 Å². The van der Waals surface area contributed by atoms with Gasteiger partial charge in [-0.05, 0) is 19.3 Å². The van der Waals surface area contributed by atoms with E-state index < -0.39 is 0 Å². The van der Waals surface area contributed by atoms with Crippen LogP contribution in [0.1, 0.15) is 39.0 Å². The predicted molar refractivity (Wildman–Crippen MR) is 47.8 cm³/mol. The van der Waals surface area contributed by atoms with Gasteiger partial charge in [0.05, 0.1) is 0 Å². The number of hydrogen-bond donors (Lipinski definition) is 0. The van der Waals surface area contributed by atoms with Gasteiger partial charge in [-0.15, -0.1) is 0 Å². The first-order chi connectivity index (χ1) is 5.83. The summed E-state index contributed by atoms with van der Waals surface area (Å²) in [5.41, 5.74) is 0. The Morgan fingerprint density at radius 3 is 3.08 bits per heavy atom.